The van der Waals surface area contributed by atoms with E-state index in [2.05, 4.69) is 0 Å². The Morgan fingerprint density at radius 3 is 2.44 bits per heavy atom. The lowest BCUT2D eigenvalue weighted by molar-refractivity contribution is -0.141. The molecule has 0 unspecified atom stereocenters. The summed E-state index contributed by atoms with van der Waals surface area (Å²) in [4.78, 5) is 22.4. The predicted molar refractivity (Wildman–Crippen MR) is 66.6 cm³/mol. The third-order valence-corrected chi connectivity index (χ3v) is 2.14. The Morgan fingerprint density at radius 1 is 1.22 bits per heavy atom. The van der Waals surface area contributed by atoms with E-state index in [-0.39, 0.29) is 18.1 Å². The van der Waals surface area contributed by atoms with Gasteiger partial charge in [-0.05, 0) is 18.6 Å². The summed E-state index contributed by atoms with van der Waals surface area (Å²) < 4.78 is 10.0. The SMILES string of the molecule is C/C=C(\OC(C)=O)C(=O)COCc1ccccc1. The molecular weight excluding hydrogens is 232 g/mol. The Morgan fingerprint density at radius 2 is 1.89 bits per heavy atom. The van der Waals surface area contributed by atoms with Crippen molar-refractivity contribution in [3.63, 3.8) is 0 Å². The summed E-state index contributed by atoms with van der Waals surface area (Å²) in [5.41, 5.74) is 0.986. The van der Waals surface area contributed by atoms with Crippen molar-refractivity contribution in [2.75, 3.05) is 6.61 Å². The molecule has 0 aromatic heterocycles. The Labute approximate surface area is 106 Å². The summed E-state index contributed by atoms with van der Waals surface area (Å²) in [7, 11) is 0. The van der Waals surface area contributed by atoms with Crippen LogP contribution in [0.2, 0.25) is 0 Å². The van der Waals surface area contributed by atoms with Crippen LogP contribution in [0.25, 0.3) is 0 Å². The van der Waals surface area contributed by atoms with E-state index in [0.29, 0.717) is 6.61 Å². The molecule has 1 aromatic rings. The first-order valence-electron chi connectivity index (χ1n) is 5.63. The average Bonchev–Trinajstić information content (AvgIpc) is 2.36. The molecule has 0 aliphatic heterocycles. The fourth-order valence-electron chi connectivity index (χ4n) is 1.34. The van der Waals surface area contributed by atoms with Crippen LogP contribution in [0.4, 0.5) is 0 Å². The topological polar surface area (TPSA) is 52.6 Å². The minimum absolute atomic E-state index is 0.0237. The van der Waals surface area contributed by atoms with Gasteiger partial charge in [0.25, 0.3) is 0 Å². The van der Waals surface area contributed by atoms with Gasteiger partial charge in [-0.2, -0.15) is 0 Å². The van der Waals surface area contributed by atoms with Crippen molar-refractivity contribution in [1.82, 2.24) is 0 Å². The number of ether oxygens (including phenoxy) is 2. The number of hydrogen-bond acceptors (Lipinski definition) is 4. The summed E-state index contributed by atoms with van der Waals surface area (Å²) in [6.07, 6.45) is 1.45. The molecule has 0 N–H and O–H groups in total. The first-order valence-corrected chi connectivity index (χ1v) is 5.63. The van der Waals surface area contributed by atoms with Crippen LogP contribution in [0.1, 0.15) is 19.4 Å². The molecule has 0 aliphatic carbocycles. The molecule has 0 saturated carbocycles. The minimum atomic E-state index is -0.514. The van der Waals surface area contributed by atoms with E-state index in [9.17, 15) is 9.59 Å². The summed E-state index contributed by atoms with van der Waals surface area (Å²) in [5, 5.41) is 0. The molecule has 0 bridgehead atoms. The van der Waals surface area contributed by atoms with Crippen molar-refractivity contribution in [1.29, 1.82) is 0 Å². The average molecular weight is 248 g/mol. The Hall–Kier alpha value is -1.94. The van der Waals surface area contributed by atoms with E-state index < -0.39 is 5.97 Å². The highest BCUT2D eigenvalue weighted by Crippen LogP contribution is 2.04. The molecule has 1 rings (SSSR count). The Kier molecular flexibility index (Phi) is 5.80. The first-order chi connectivity index (χ1) is 8.63. The van der Waals surface area contributed by atoms with Crippen molar-refractivity contribution < 1.29 is 19.1 Å². The van der Waals surface area contributed by atoms with Gasteiger partial charge in [0, 0.05) is 6.92 Å². The molecule has 0 aliphatic rings. The van der Waals surface area contributed by atoms with Crippen LogP contribution in [0.3, 0.4) is 0 Å². The Bertz CT molecular complexity index is 434. The summed E-state index contributed by atoms with van der Waals surface area (Å²) in [5.74, 6) is -0.835. The Balaban J connectivity index is 2.39. The van der Waals surface area contributed by atoms with Crippen molar-refractivity contribution in [3.05, 3.63) is 47.7 Å². The molecule has 1 aromatic carbocycles. The lowest BCUT2D eigenvalue weighted by Crippen LogP contribution is -2.15. The van der Waals surface area contributed by atoms with Gasteiger partial charge in [-0.1, -0.05) is 30.3 Å². The zero-order chi connectivity index (χ0) is 13.4. The summed E-state index contributed by atoms with van der Waals surface area (Å²) in [6, 6.07) is 9.53. The number of rotatable bonds is 6. The second kappa shape index (κ2) is 7.40. The van der Waals surface area contributed by atoms with Crippen molar-refractivity contribution in [2.24, 2.45) is 0 Å². The molecule has 0 radical (unpaired) electrons. The lowest BCUT2D eigenvalue weighted by atomic mass is 10.2. The highest BCUT2D eigenvalue weighted by molar-refractivity contribution is 5.96. The fourth-order valence-corrected chi connectivity index (χ4v) is 1.34. The van der Waals surface area contributed by atoms with E-state index in [1.165, 1.54) is 13.0 Å². The molecule has 0 atom stereocenters. The van der Waals surface area contributed by atoms with Gasteiger partial charge >= 0.3 is 5.97 Å². The van der Waals surface area contributed by atoms with Crippen LogP contribution in [0.15, 0.2) is 42.2 Å². The summed E-state index contributed by atoms with van der Waals surface area (Å²) >= 11 is 0. The minimum Gasteiger partial charge on any atom is -0.423 e. The number of benzene rings is 1. The molecule has 18 heavy (non-hydrogen) atoms. The number of ketones is 1. The smallest absolute Gasteiger partial charge is 0.308 e. The molecule has 0 heterocycles. The van der Waals surface area contributed by atoms with Gasteiger partial charge < -0.3 is 9.47 Å². The van der Waals surface area contributed by atoms with Gasteiger partial charge in [-0.3, -0.25) is 9.59 Å². The van der Waals surface area contributed by atoms with Crippen LogP contribution >= 0.6 is 0 Å². The molecule has 0 amide bonds. The van der Waals surface area contributed by atoms with Gasteiger partial charge in [0.1, 0.15) is 6.61 Å². The standard InChI is InChI=1S/C14H16O4/c1-3-14(18-11(2)15)13(16)10-17-9-12-7-5-4-6-8-12/h3-8H,9-10H2,1-2H3/b14-3-. The van der Waals surface area contributed by atoms with Crippen LogP contribution in [0.5, 0.6) is 0 Å². The highest BCUT2D eigenvalue weighted by atomic mass is 16.5. The van der Waals surface area contributed by atoms with Crippen LogP contribution < -0.4 is 0 Å². The quantitative estimate of drug-likeness (QED) is 0.440. The predicted octanol–water partition coefficient (Wildman–Crippen LogP) is 2.24. The maximum absolute atomic E-state index is 11.6. The molecule has 4 heteroatoms. The fraction of sp³-hybridized carbons (Fsp3) is 0.286. The zero-order valence-corrected chi connectivity index (χ0v) is 10.5. The number of carbonyl (C=O) groups is 2. The van der Waals surface area contributed by atoms with Crippen LogP contribution in [0, 0.1) is 0 Å². The maximum atomic E-state index is 11.6. The van der Waals surface area contributed by atoms with Crippen LogP contribution in [-0.2, 0) is 25.7 Å². The number of Topliss-reactive ketones (excluding diaryl/α,β-unsaturated/α-hetero) is 1. The number of esters is 1. The molecule has 0 fully saturated rings. The second-order valence-electron chi connectivity index (χ2n) is 3.65. The van der Waals surface area contributed by atoms with Crippen LogP contribution in [-0.4, -0.2) is 18.4 Å². The third kappa shape index (κ3) is 4.93. The largest absolute Gasteiger partial charge is 0.423 e. The van der Waals surface area contributed by atoms with Gasteiger partial charge in [-0.25, -0.2) is 0 Å². The normalized spacial score (nSPS) is 11.1. The number of carbonyl (C=O) groups excluding carboxylic acids is 2. The zero-order valence-electron chi connectivity index (χ0n) is 10.5. The lowest BCUT2D eigenvalue weighted by Gasteiger charge is -2.06. The van der Waals surface area contributed by atoms with Gasteiger partial charge in [0.05, 0.1) is 6.61 Å². The monoisotopic (exact) mass is 248 g/mol. The third-order valence-electron chi connectivity index (χ3n) is 2.14. The van der Waals surface area contributed by atoms with Gasteiger partial charge in [-0.15, -0.1) is 0 Å². The van der Waals surface area contributed by atoms with E-state index in [1.54, 1.807) is 6.92 Å². The van der Waals surface area contributed by atoms with Gasteiger partial charge in [0.15, 0.2) is 5.76 Å². The highest BCUT2D eigenvalue weighted by Gasteiger charge is 2.12. The molecule has 0 spiro atoms. The molecule has 4 nitrogen and oxygen atoms in total. The maximum Gasteiger partial charge on any atom is 0.308 e. The van der Waals surface area contributed by atoms with E-state index in [4.69, 9.17) is 9.47 Å². The van der Waals surface area contributed by atoms with Crippen molar-refractivity contribution in [2.45, 2.75) is 20.5 Å². The van der Waals surface area contributed by atoms with E-state index in [1.807, 2.05) is 30.3 Å². The van der Waals surface area contributed by atoms with E-state index in [0.717, 1.165) is 5.56 Å². The number of allylic oxidation sites excluding steroid dienone is 1. The number of hydrogen-bond donors (Lipinski definition) is 0. The molecular formula is C14H16O4. The van der Waals surface area contributed by atoms with Gasteiger partial charge in [0.2, 0.25) is 5.78 Å². The molecule has 96 valence electrons. The van der Waals surface area contributed by atoms with Crippen molar-refractivity contribution in [3.8, 4) is 0 Å². The first kappa shape index (κ1) is 14.1. The second-order valence-corrected chi connectivity index (χ2v) is 3.65. The molecule has 0 saturated heterocycles. The van der Waals surface area contributed by atoms with Crippen molar-refractivity contribution >= 4 is 11.8 Å². The van der Waals surface area contributed by atoms with E-state index >= 15 is 0 Å². The summed E-state index contributed by atoms with van der Waals surface area (Å²) in [6.45, 7) is 3.13.